The number of allylic oxidation sites excluding steroid dienone is 1. The highest BCUT2D eigenvalue weighted by atomic mass is 16.3. The van der Waals surface area contributed by atoms with E-state index in [-0.39, 0.29) is 6.54 Å². The summed E-state index contributed by atoms with van der Waals surface area (Å²) < 4.78 is 0. The van der Waals surface area contributed by atoms with Gasteiger partial charge < -0.3 is 16.6 Å². The summed E-state index contributed by atoms with van der Waals surface area (Å²) in [4.78, 5) is 8.11. The minimum atomic E-state index is -0.851. The Hall–Kier alpha value is -1.88. The van der Waals surface area contributed by atoms with Crippen LogP contribution in [-0.4, -0.2) is 28.5 Å². The molecule has 0 atom stereocenters. The summed E-state index contributed by atoms with van der Waals surface area (Å²) in [6.07, 6.45) is 3.09. The minimum absolute atomic E-state index is 0.267. The SMILES string of the molecule is CC(C)(O)CN=C/C(N)=C(\N)c1ccccn1. The lowest BCUT2D eigenvalue weighted by molar-refractivity contribution is 0.0906. The van der Waals surface area contributed by atoms with E-state index in [1.165, 1.54) is 6.21 Å². The average molecular weight is 234 g/mol. The molecule has 1 heterocycles. The molecule has 0 saturated carbocycles. The maximum Gasteiger partial charge on any atom is 0.0880 e. The van der Waals surface area contributed by atoms with Crippen LogP contribution in [0.5, 0.6) is 0 Å². The van der Waals surface area contributed by atoms with Crippen molar-refractivity contribution in [1.82, 2.24) is 4.98 Å². The highest BCUT2D eigenvalue weighted by Gasteiger charge is 2.10. The van der Waals surface area contributed by atoms with Crippen LogP contribution in [0.1, 0.15) is 19.5 Å². The second-order valence-electron chi connectivity index (χ2n) is 4.37. The Morgan fingerprint density at radius 2 is 2.18 bits per heavy atom. The molecule has 5 N–H and O–H groups in total. The van der Waals surface area contributed by atoms with Gasteiger partial charge in [-0.3, -0.25) is 9.98 Å². The highest BCUT2D eigenvalue weighted by molar-refractivity contribution is 5.88. The molecular formula is C12H18N4O. The Morgan fingerprint density at radius 1 is 1.47 bits per heavy atom. The van der Waals surface area contributed by atoms with Crippen LogP contribution in [0.3, 0.4) is 0 Å². The lowest BCUT2D eigenvalue weighted by atomic mass is 10.1. The van der Waals surface area contributed by atoms with Gasteiger partial charge in [-0.05, 0) is 26.0 Å². The summed E-state index contributed by atoms with van der Waals surface area (Å²) in [6, 6.07) is 5.40. The molecule has 0 spiro atoms. The van der Waals surface area contributed by atoms with Crippen LogP contribution in [0.2, 0.25) is 0 Å². The van der Waals surface area contributed by atoms with Crippen molar-refractivity contribution < 1.29 is 5.11 Å². The van der Waals surface area contributed by atoms with E-state index in [4.69, 9.17) is 11.5 Å². The van der Waals surface area contributed by atoms with Gasteiger partial charge >= 0.3 is 0 Å². The Morgan fingerprint density at radius 3 is 2.71 bits per heavy atom. The second-order valence-corrected chi connectivity index (χ2v) is 4.37. The average Bonchev–Trinajstić information content (AvgIpc) is 2.27. The van der Waals surface area contributed by atoms with Gasteiger partial charge in [0.15, 0.2) is 0 Å². The van der Waals surface area contributed by atoms with Crippen molar-refractivity contribution in [1.29, 1.82) is 0 Å². The number of pyridine rings is 1. The fourth-order valence-electron chi connectivity index (χ4n) is 1.11. The molecular weight excluding hydrogens is 216 g/mol. The Balaban J connectivity index is 2.78. The molecule has 0 aliphatic rings. The van der Waals surface area contributed by atoms with Crippen LogP contribution < -0.4 is 11.5 Å². The highest BCUT2D eigenvalue weighted by Crippen LogP contribution is 2.06. The van der Waals surface area contributed by atoms with Crippen LogP contribution in [0.25, 0.3) is 5.70 Å². The molecule has 0 aliphatic heterocycles. The summed E-state index contributed by atoms with van der Waals surface area (Å²) in [6.45, 7) is 3.61. The van der Waals surface area contributed by atoms with E-state index in [1.54, 1.807) is 32.2 Å². The summed E-state index contributed by atoms with van der Waals surface area (Å²) >= 11 is 0. The molecule has 1 aromatic rings. The van der Waals surface area contributed by atoms with Crippen LogP contribution in [0, 0.1) is 0 Å². The van der Waals surface area contributed by atoms with Gasteiger partial charge in [0.1, 0.15) is 0 Å². The van der Waals surface area contributed by atoms with Crippen molar-refractivity contribution in [2.75, 3.05) is 6.54 Å². The third-order valence-electron chi connectivity index (χ3n) is 1.96. The summed E-state index contributed by atoms with van der Waals surface area (Å²) in [5.41, 5.74) is 12.1. The van der Waals surface area contributed by atoms with Gasteiger partial charge in [-0.25, -0.2) is 0 Å². The summed E-state index contributed by atoms with van der Waals surface area (Å²) in [5.74, 6) is 0. The molecule has 92 valence electrons. The van der Waals surface area contributed by atoms with Gasteiger partial charge in [-0.15, -0.1) is 0 Å². The zero-order valence-corrected chi connectivity index (χ0v) is 10.1. The topological polar surface area (TPSA) is 97.5 Å². The van der Waals surface area contributed by atoms with Crippen LogP contribution in [-0.2, 0) is 0 Å². The first-order valence-corrected chi connectivity index (χ1v) is 5.29. The standard InChI is InChI=1S/C12H18N4O/c1-12(2,17)8-15-7-9(13)11(14)10-5-3-4-6-16-10/h3-7,17H,8,13-14H2,1-2H3/b11-9+,15-7?. The normalized spacial score (nSPS) is 13.8. The fraction of sp³-hybridized carbons (Fsp3) is 0.333. The maximum absolute atomic E-state index is 9.47. The second kappa shape index (κ2) is 5.45. The van der Waals surface area contributed by atoms with Crippen molar-refractivity contribution in [3.05, 3.63) is 35.8 Å². The molecule has 0 aromatic carbocycles. The molecule has 1 rings (SSSR count). The first-order valence-electron chi connectivity index (χ1n) is 5.29. The van der Waals surface area contributed by atoms with Gasteiger partial charge in [0, 0.05) is 12.4 Å². The van der Waals surface area contributed by atoms with E-state index in [1.807, 2.05) is 6.07 Å². The zero-order valence-electron chi connectivity index (χ0n) is 10.1. The lowest BCUT2D eigenvalue weighted by Crippen LogP contribution is -2.23. The smallest absolute Gasteiger partial charge is 0.0880 e. The molecule has 0 saturated heterocycles. The molecule has 0 radical (unpaired) electrons. The summed E-state index contributed by atoms with van der Waals surface area (Å²) in [7, 11) is 0. The van der Waals surface area contributed by atoms with E-state index < -0.39 is 5.60 Å². The van der Waals surface area contributed by atoms with Gasteiger partial charge in [-0.1, -0.05) is 6.07 Å². The van der Waals surface area contributed by atoms with E-state index in [0.29, 0.717) is 17.1 Å². The third kappa shape index (κ3) is 4.65. The van der Waals surface area contributed by atoms with E-state index in [0.717, 1.165) is 0 Å². The molecule has 1 aromatic heterocycles. The van der Waals surface area contributed by atoms with Crippen molar-refractivity contribution in [2.45, 2.75) is 19.4 Å². The van der Waals surface area contributed by atoms with E-state index in [2.05, 4.69) is 9.98 Å². The predicted octanol–water partition coefficient (Wildman–Crippen LogP) is 0.509. The number of hydrogen-bond acceptors (Lipinski definition) is 5. The number of hydrogen-bond donors (Lipinski definition) is 3. The molecule has 5 nitrogen and oxygen atoms in total. The van der Waals surface area contributed by atoms with E-state index >= 15 is 0 Å². The number of aromatic nitrogens is 1. The van der Waals surface area contributed by atoms with Gasteiger partial charge in [0.25, 0.3) is 0 Å². The van der Waals surface area contributed by atoms with Crippen molar-refractivity contribution in [2.24, 2.45) is 16.5 Å². The van der Waals surface area contributed by atoms with Crippen LogP contribution in [0.15, 0.2) is 35.1 Å². The molecule has 5 heteroatoms. The largest absolute Gasteiger partial charge is 0.396 e. The number of rotatable bonds is 4. The van der Waals surface area contributed by atoms with Gasteiger partial charge in [-0.2, -0.15) is 0 Å². The number of aliphatic imine (C=N–C) groups is 1. The maximum atomic E-state index is 9.47. The Kier molecular flexibility index (Phi) is 4.23. The van der Waals surface area contributed by atoms with Gasteiger partial charge in [0.05, 0.1) is 29.2 Å². The summed E-state index contributed by atoms with van der Waals surface area (Å²) in [5, 5.41) is 9.47. The molecule has 0 aliphatic carbocycles. The minimum Gasteiger partial charge on any atom is -0.396 e. The third-order valence-corrected chi connectivity index (χ3v) is 1.96. The van der Waals surface area contributed by atoms with E-state index in [9.17, 15) is 5.11 Å². The number of aliphatic hydroxyl groups is 1. The zero-order chi connectivity index (χ0) is 12.9. The van der Waals surface area contributed by atoms with Crippen LogP contribution in [0.4, 0.5) is 0 Å². The number of nitrogens with two attached hydrogens (primary N) is 2. The number of nitrogens with zero attached hydrogens (tertiary/aromatic N) is 2. The monoisotopic (exact) mass is 234 g/mol. The molecule has 17 heavy (non-hydrogen) atoms. The van der Waals surface area contributed by atoms with Crippen molar-refractivity contribution in [3.8, 4) is 0 Å². The Labute approximate surface area is 101 Å². The predicted molar refractivity (Wildman–Crippen MR) is 69.2 cm³/mol. The first kappa shape index (κ1) is 13.2. The molecule has 0 amide bonds. The lowest BCUT2D eigenvalue weighted by Gasteiger charge is -2.12. The van der Waals surface area contributed by atoms with Crippen molar-refractivity contribution in [3.63, 3.8) is 0 Å². The quantitative estimate of drug-likeness (QED) is 0.661. The van der Waals surface area contributed by atoms with Crippen molar-refractivity contribution >= 4 is 11.9 Å². The van der Waals surface area contributed by atoms with Gasteiger partial charge in [0.2, 0.25) is 0 Å². The van der Waals surface area contributed by atoms with Crippen LogP contribution >= 0.6 is 0 Å². The first-order chi connectivity index (χ1) is 7.90. The molecule has 0 fully saturated rings. The Bertz CT molecular complexity index is 418. The molecule has 0 unspecified atom stereocenters. The molecule has 0 bridgehead atoms. The fourth-order valence-corrected chi connectivity index (χ4v) is 1.11.